The molecule has 0 saturated carbocycles. The molecule has 2 aromatic carbocycles. The van der Waals surface area contributed by atoms with Crippen LogP contribution in [0.25, 0.3) is 5.69 Å². The van der Waals surface area contributed by atoms with Gasteiger partial charge in [-0.15, -0.1) is 0 Å². The summed E-state index contributed by atoms with van der Waals surface area (Å²) in [7, 11) is 0. The van der Waals surface area contributed by atoms with Crippen molar-refractivity contribution >= 4 is 33.4 Å². The van der Waals surface area contributed by atoms with Gasteiger partial charge in [0.2, 0.25) is 5.91 Å². The first-order valence-electron chi connectivity index (χ1n) is 8.85. The summed E-state index contributed by atoms with van der Waals surface area (Å²) in [6.45, 7) is 3.15. The zero-order valence-corrected chi connectivity index (χ0v) is 17.6. The molecule has 3 rings (SSSR count). The van der Waals surface area contributed by atoms with Gasteiger partial charge in [0, 0.05) is 21.5 Å². The first kappa shape index (κ1) is 21.6. The van der Waals surface area contributed by atoms with E-state index in [1.165, 1.54) is 0 Å². The Morgan fingerprint density at radius 2 is 1.77 bits per heavy atom. The van der Waals surface area contributed by atoms with Crippen molar-refractivity contribution in [2.75, 3.05) is 11.9 Å². The number of aromatic nitrogens is 1. The summed E-state index contributed by atoms with van der Waals surface area (Å²) in [5, 5.41) is 4.55. The average Bonchev–Trinajstić information content (AvgIpc) is 3.00. The zero-order chi connectivity index (χ0) is 22.0. The van der Waals surface area contributed by atoms with E-state index in [2.05, 4.69) is 26.6 Å². The van der Waals surface area contributed by atoms with E-state index in [0.717, 1.165) is 21.9 Å². The normalized spacial score (nSPS) is 10.7. The van der Waals surface area contributed by atoms with Gasteiger partial charge in [-0.25, -0.2) is 13.2 Å². The highest BCUT2D eigenvalue weighted by atomic mass is 79.9. The molecule has 0 atom stereocenters. The van der Waals surface area contributed by atoms with Crippen LogP contribution >= 0.6 is 15.9 Å². The van der Waals surface area contributed by atoms with Crippen molar-refractivity contribution in [3.63, 3.8) is 0 Å². The minimum atomic E-state index is -1.68. The standard InChI is InChI=1S/C21H17BrF3N3O2/c1-11-8-15(12(2)28(11)14-5-3-4-13(22)9-14)21(30)26-10-18(29)27-17-7-6-16(23)19(24)20(17)25/h3-9H,10H2,1-2H3,(H,26,30)(H,27,29). The second-order valence-corrected chi connectivity index (χ2v) is 7.47. The van der Waals surface area contributed by atoms with Crippen molar-refractivity contribution in [3.05, 3.63) is 81.3 Å². The number of halogens is 4. The third-order valence-electron chi connectivity index (χ3n) is 4.46. The molecule has 0 fully saturated rings. The topological polar surface area (TPSA) is 63.1 Å². The lowest BCUT2D eigenvalue weighted by atomic mass is 10.2. The molecular weight excluding hydrogens is 463 g/mol. The Labute approximate surface area is 179 Å². The number of aryl methyl sites for hydroxylation is 1. The molecule has 0 radical (unpaired) electrons. The van der Waals surface area contributed by atoms with Gasteiger partial charge in [-0.1, -0.05) is 22.0 Å². The molecule has 0 spiro atoms. The van der Waals surface area contributed by atoms with Crippen LogP contribution in [0.5, 0.6) is 0 Å². The molecule has 0 aliphatic carbocycles. The molecule has 0 saturated heterocycles. The van der Waals surface area contributed by atoms with Crippen molar-refractivity contribution in [2.24, 2.45) is 0 Å². The maximum absolute atomic E-state index is 13.7. The largest absolute Gasteiger partial charge is 0.343 e. The minimum absolute atomic E-state index is 0.374. The second-order valence-electron chi connectivity index (χ2n) is 6.55. The molecule has 0 unspecified atom stereocenters. The Balaban J connectivity index is 1.70. The SMILES string of the molecule is Cc1cc(C(=O)NCC(=O)Nc2ccc(F)c(F)c2F)c(C)n1-c1cccc(Br)c1. The summed E-state index contributed by atoms with van der Waals surface area (Å²) >= 11 is 3.42. The monoisotopic (exact) mass is 479 g/mol. The number of carbonyl (C=O) groups excluding carboxylic acids is 2. The molecule has 0 bridgehead atoms. The van der Waals surface area contributed by atoms with Gasteiger partial charge in [-0.05, 0) is 50.2 Å². The lowest BCUT2D eigenvalue weighted by molar-refractivity contribution is -0.115. The summed E-state index contributed by atoms with van der Waals surface area (Å²) in [5.41, 5.74) is 2.23. The van der Waals surface area contributed by atoms with Gasteiger partial charge in [0.15, 0.2) is 17.5 Å². The van der Waals surface area contributed by atoms with E-state index in [1.807, 2.05) is 35.8 Å². The molecule has 9 heteroatoms. The van der Waals surface area contributed by atoms with E-state index in [1.54, 1.807) is 13.0 Å². The zero-order valence-electron chi connectivity index (χ0n) is 16.0. The summed E-state index contributed by atoms with van der Waals surface area (Å²) in [6, 6.07) is 10.9. The fraction of sp³-hybridized carbons (Fsp3) is 0.143. The molecular formula is C21H17BrF3N3O2. The Morgan fingerprint density at radius 3 is 2.47 bits per heavy atom. The Morgan fingerprint density at radius 1 is 1.03 bits per heavy atom. The third-order valence-corrected chi connectivity index (χ3v) is 4.95. The number of amides is 2. The van der Waals surface area contributed by atoms with E-state index in [9.17, 15) is 22.8 Å². The Kier molecular flexibility index (Phi) is 6.31. The van der Waals surface area contributed by atoms with Crippen LogP contribution in [0.15, 0.2) is 46.9 Å². The number of nitrogens with zero attached hydrogens (tertiary/aromatic N) is 1. The van der Waals surface area contributed by atoms with Crippen LogP contribution in [0, 0.1) is 31.3 Å². The molecule has 156 valence electrons. The molecule has 0 aliphatic heterocycles. The third kappa shape index (κ3) is 4.40. The molecule has 1 aromatic heterocycles. The number of hydrogen-bond acceptors (Lipinski definition) is 2. The summed E-state index contributed by atoms with van der Waals surface area (Å²) < 4.78 is 42.7. The summed E-state index contributed by atoms with van der Waals surface area (Å²) in [5.74, 6) is -5.83. The van der Waals surface area contributed by atoms with Gasteiger partial charge >= 0.3 is 0 Å². The molecule has 30 heavy (non-hydrogen) atoms. The number of hydrogen-bond donors (Lipinski definition) is 2. The summed E-state index contributed by atoms with van der Waals surface area (Å²) in [4.78, 5) is 24.5. The predicted molar refractivity (Wildman–Crippen MR) is 110 cm³/mol. The van der Waals surface area contributed by atoms with Crippen LogP contribution in [-0.2, 0) is 4.79 Å². The Bertz CT molecular complexity index is 1140. The predicted octanol–water partition coefficient (Wildman–Crippen LogP) is 4.64. The van der Waals surface area contributed by atoms with E-state index >= 15 is 0 Å². The number of anilines is 1. The van der Waals surface area contributed by atoms with Crippen molar-refractivity contribution in [3.8, 4) is 5.69 Å². The molecule has 2 N–H and O–H groups in total. The van der Waals surface area contributed by atoms with Crippen LogP contribution in [0.2, 0.25) is 0 Å². The van der Waals surface area contributed by atoms with Gasteiger partial charge in [0.05, 0.1) is 17.8 Å². The maximum Gasteiger partial charge on any atom is 0.253 e. The van der Waals surface area contributed by atoms with Gasteiger partial charge in [-0.2, -0.15) is 0 Å². The first-order chi connectivity index (χ1) is 14.2. The maximum atomic E-state index is 13.7. The highest BCUT2D eigenvalue weighted by Crippen LogP contribution is 2.23. The summed E-state index contributed by atoms with van der Waals surface area (Å²) in [6.07, 6.45) is 0. The van der Waals surface area contributed by atoms with Gasteiger partial charge < -0.3 is 15.2 Å². The molecule has 1 heterocycles. The van der Waals surface area contributed by atoms with Crippen molar-refractivity contribution in [1.29, 1.82) is 0 Å². The van der Waals surface area contributed by atoms with Crippen LogP contribution < -0.4 is 10.6 Å². The Hall–Kier alpha value is -3.07. The van der Waals surface area contributed by atoms with Crippen LogP contribution in [0.3, 0.4) is 0 Å². The van der Waals surface area contributed by atoms with Crippen molar-refractivity contribution in [1.82, 2.24) is 9.88 Å². The average molecular weight is 480 g/mol. The van der Waals surface area contributed by atoms with Crippen LogP contribution in [0.1, 0.15) is 21.7 Å². The highest BCUT2D eigenvalue weighted by Gasteiger charge is 2.19. The van der Waals surface area contributed by atoms with Crippen LogP contribution in [0.4, 0.5) is 18.9 Å². The van der Waals surface area contributed by atoms with Gasteiger partial charge in [-0.3, -0.25) is 9.59 Å². The molecule has 5 nitrogen and oxygen atoms in total. The molecule has 2 amide bonds. The fourth-order valence-corrected chi connectivity index (χ4v) is 3.46. The fourth-order valence-electron chi connectivity index (χ4n) is 3.08. The van der Waals surface area contributed by atoms with Crippen molar-refractivity contribution < 1.29 is 22.8 Å². The minimum Gasteiger partial charge on any atom is -0.343 e. The lowest BCUT2D eigenvalue weighted by Gasteiger charge is -2.11. The molecule has 3 aromatic rings. The number of carbonyl (C=O) groups is 2. The van der Waals surface area contributed by atoms with E-state index in [0.29, 0.717) is 17.3 Å². The van der Waals surface area contributed by atoms with Gasteiger partial charge in [0.25, 0.3) is 5.91 Å². The lowest BCUT2D eigenvalue weighted by Crippen LogP contribution is -2.33. The number of rotatable bonds is 5. The smallest absolute Gasteiger partial charge is 0.253 e. The van der Waals surface area contributed by atoms with E-state index in [4.69, 9.17) is 0 Å². The second kappa shape index (κ2) is 8.74. The number of benzene rings is 2. The van der Waals surface area contributed by atoms with Crippen molar-refractivity contribution in [2.45, 2.75) is 13.8 Å². The van der Waals surface area contributed by atoms with E-state index < -0.39 is 41.5 Å². The van der Waals surface area contributed by atoms with Crippen LogP contribution in [-0.4, -0.2) is 22.9 Å². The van der Waals surface area contributed by atoms with E-state index in [-0.39, 0.29) is 0 Å². The van der Waals surface area contributed by atoms with Gasteiger partial charge in [0.1, 0.15) is 0 Å². The number of nitrogens with one attached hydrogen (secondary N) is 2. The quantitative estimate of drug-likeness (QED) is 0.523. The highest BCUT2D eigenvalue weighted by molar-refractivity contribution is 9.10. The first-order valence-corrected chi connectivity index (χ1v) is 9.64. The molecule has 0 aliphatic rings.